The molecule has 1 aromatic rings. The molecule has 5 nitrogen and oxygen atoms in total. The predicted octanol–water partition coefficient (Wildman–Crippen LogP) is 1.91. The molecule has 1 aromatic carbocycles. The van der Waals surface area contributed by atoms with Crippen LogP contribution in [0.25, 0.3) is 0 Å². The van der Waals surface area contributed by atoms with Crippen LogP contribution in [0.3, 0.4) is 0 Å². The van der Waals surface area contributed by atoms with E-state index in [0.29, 0.717) is 35.5 Å². The van der Waals surface area contributed by atoms with Gasteiger partial charge in [-0.3, -0.25) is 4.79 Å². The molecule has 0 heterocycles. The first kappa shape index (κ1) is 17.4. The first-order chi connectivity index (χ1) is 10.7. The number of amides is 1. The van der Waals surface area contributed by atoms with Crippen molar-refractivity contribution in [3.05, 3.63) is 23.3 Å². The molecule has 1 atom stereocenters. The average molecular weight is 333 g/mol. The summed E-state index contributed by atoms with van der Waals surface area (Å²) < 4.78 is 47.5. The summed E-state index contributed by atoms with van der Waals surface area (Å²) in [6.07, 6.45) is -3.63. The van der Waals surface area contributed by atoms with Gasteiger partial charge in [-0.2, -0.15) is 13.2 Å². The smallest absolute Gasteiger partial charge is 0.471 e. The number of methoxy groups -OCH3 is 2. The number of nitrogens with one attached hydrogen (secondary N) is 1. The fourth-order valence-corrected chi connectivity index (χ4v) is 2.91. The maximum Gasteiger partial charge on any atom is 0.471 e. The molecule has 1 aliphatic carbocycles. The van der Waals surface area contributed by atoms with E-state index in [9.17, 15) is 23.1 Å². The van der Waals surface area contributed by atoms with Crippen molar-refractivity contribution in [3.63, 3.8) is 0 Å². The highest BCUT2D eigenvalue weighted by molar-refractivity contribution is 5.81. The molecule has 1 aliphatic rings. The van der Waals surface area contributed by atoms with Crippen LogP contribution in [0, 0.1) is 0 Å². The fraction of sp³-hybridized carbons (Fsp3) is 0.533. The number of hydrogen-bond donors (Lipinski definition) is 2. The predicted molar refractivity (Wildman–Crippen MR) is 75.4 cm³/mol. The van der Waals surface area contributed by atoms with Crippen LogP contribution in [-0.2, 0) is 16.8 Å². The Hall–Kier alpha value is -1.96. The minimum absolute atomic E-state index is 0.210. The molecule has 0 spiro atoms. The topological polar surface area (TPSA) is 67.8 Å². The molecule has 8 heteroatoms. The highest BCUT2D eigenvalue weighted by Crippen LogP contribution is 2.44. The summed E-state index contributed by atoms with van der Waals surface area (Å²) in [4.78, 5) is 11.0. The van der Waals surface area contributed by atoms with Crippen LogP contribution in [-0.4, -0.2) is 38.0 Å². The molecule has 1 amide bonds. The molecule has 0 bridgehead atoms. The monoisotopic (exact) mass is 333 g/mol. The average Bonchev–Trinajstić information content (AvgIpc) is 2.51. The third-order valence-electron chi connectivity index (χ3n) is 3.95. The molecule has 1 unspecified atom stereocenters. The van der Waals surface area contributed by atoms with Gasteiger partial charge in [0.15, 0.2) is 0 Å². The van der Waals surface area contributed by atoms with E-state index in [2.05, 4.69) is 0 Å². The number of rotatable bonds is 4. The molecule has 0 saturated heterocycles. The van der Waals surface area contributed by atoms with Crippen molar-refractivity contribution in [3.8, 4) is 11.5 Å². The Labute approximate surface area is 131 Å². The number of ether oxygens (including phenoxy) is 2. The highest BCUT2D eigenvalue weighted by atomic mass is 19.4. The number of benzene rings is 1. The zero-order valence-electron chi connectivity index (χ0n) is 12.8. The van der Waals surface area contributed by atoms with Gasteiger partial charge >= 0.3 is 12.1 Å². The standard InChI is InChI=1S/C15H18F3NO4/c1-22-10-5-6-11(23-2)12-9(10)4-3-7-14(12,21)8-19-13(20)15(16,17)18/h5-6,21H,3-4,7-8H2,1-2H3,(H,19,20). The van der Waals surface area contributed by atoms with E-state index >= 15 is 0 Å². The fourth-order valence-electron chi connectivity index (χ4n) is 2.91. The third kappa shape index (κ3) is 3.36. The maximum absolute atomic E-state index is 12.3. The van der Waals surface area contributed by atoms with Crippen molar-refractivity contribution >= 4 is 5.91 Å². The van der Waals surface area contributed by atoms with Crippen LogP contribution in [0.1, 0.15) is 24.0 Å². The van der Waals surface area contributed by atoms with Crippen LogP contribution >= 0.6 is 0 Å². The zero-order chi connectivity index (χ0) is 17.3. The molecule has 0 aliphatic heterocycles. The van der Waals surface area contributed by atoms with Crippen molar-refractivity contribution in [2.75, 3.05) is 20.8 Å². The van der Waals surface area contributed by atoms with Crippen LogP contribution in [0.2, 0.25) is 0 Å². The van der Waals surface area contributed by atoms with Gasteiger partial charge in [0.05, 0.1) is 20.8 Å². The first-order valence-electron chi connectivity index (χ1n) is 7.04. The Bertz CT molecular complexity index is 603. The summed E-state index contributed by atoms with van der Waals surface area (Å²) in [5.41, 5.74) is -0.594. The van der Waals surface area contributed by atoms with Gasteiger partial charge in [0, 0.05) is 11.1 Å². The Morgan fingerprint density at radius 3 is 2.48 bits per heavy atom. The second kappa shape index (κ2) is 6.27. The maximum atomic E-state index is 12.3. The summed E-state index contributed by atoms with van der Waals surface area (Å²) in [5, 5.41) is 12.6. The molecule has 0 saturated carbocycles. The van der Waals surface area contributed by atoms with Crippen LogP contribution in [0.5, 0.6) is 11.5 Å². The number of fused-ring (bicyclic) bond motifs is 1. The lowest BCUT2D eigenvalue weighted by Gasteiger charge is -2.36. The Morgan fingerprint density at radius 1 is 1.30 bits per heavy atom. The summed E-state index contributed by atoms with van der Waals surface area (Å²) in [6.45, 7) is -0.554. The Balaban J connectivity index is 2.38. The summed E-state index contributed by atoms with van der Waals surface area (Å²) in [7, 11) is 2.88. The van der Waals surface area contributed by atoms with Crippen molar-refractivity contribution in [1.29, 1.82) is 0 Å². The van der Waals surface area contributed by atoms with E-state index in [1.807, 2.05) is 0 Å². The molecule has 0 radical (unpaired) electrons. The van der Waals surface area contributed by atoms with Crippen molar-refractivity contribution in [1.82, 2.24) is 5.32 Å². The second-order valence-electron chi connectivity index (χ2n) is 5.39. The van der Waals surface area contributed by atoms with Gasteiger partial charge in [-0.25, -0.2) is 0 Å². The van der Waals surface area contributed by atoms with Crippen LogP contribution in [0.15, 0.2) is 12.1 Å². The van der Waals surface area contributed by atoms with Gasteiger partial charge in [0.1, 0.15) is 17.1 Å². The Morgan fingerprint density at radius 2 is 1.91 bits per heavy atom. The first-order valence-corrected chi connectivity index (χ1v) is 7.04. The number of hydrogen-bond acceptors (Lipinski definition) is 4. The highest BCUT2D eigenvalue weighted by Gasteiger charge is 2.43. The molecule has 23 heavy (non-hydrogen) atoms. The molecular formula is C15H18F3NO4. The minimum atomic E-state index is -4.99. The van der Waals surface area contributed by atoms with E-state index in [-0.39, 0.29) is 6.42 Å². The van der Waals surface area contributed by atoms with Crippen molar-refractivity contribution in [2.24, 2.45) is 0 Å². The van der Waals surface area contributed by atoms with E-state index in [1.165, 1.54) is 14.2 Å². The van der Waals surface area contributed by atoms with E-state index < -0.39 is 24.2 Å². The van der Waals surface area contributed by atoms with Gasteiger partial charge in [-0.05, 0) is 31.4 Å². The van der Waals surface area contributed by atoms with Gasteiger partial charge in [-0.15, -0.1) is 0 Å². The normalized spacial score (nSPS) is 20.6. The second-order valence-corrected chi connectivity index (χ2v) is 5.39. The minimum Gasteiger partial charge on any atom is -0.496 e. The van der Waals surface area contributed by atoms with E-state index in [4.69, 9.17) is 9.47 Å². The number of carbonyl (C=O) groups is 1. The lowest BCUT2D eigenvalue weighted by atomic mass is 9.78. The Kier molecular flexibility index (Phi) is 4.74. The quantitative estimate of drug-likeness (QED) is 0.883. The van der Waals surface area contributed by atoms with Crippen molar-refractivity contribution < 1.29 is 32.5 Å². The number of aliphatic hydroxyl groups is 1. The molecule has 0 fully saturated rings. The van der Waals surface area contributed by atoms with Gasteiger partial charge in [-0.1, -0.05) is 0 Å². The summed E-state index contributed by atoms with van der Waals surface area (Å²) in [6, 6.07) is 3.26. The molecule has 2 rings (SSSR count). The van der Waals surface area contributed by atoms with Crippen LogP contribution in [0.4, 0.5) is 13.2 Å². The van der Waals surface area contributed by atoms with Crippen LogP contribution < -0.4 is 14.8 Å². The summed E-state index contributed by atoms with van der Waals surface area (Å²) in [5.74, 6) is -1.20. The van der Waals surface area contributed by atoms with Crippen molar-refractivity contribution in [2.45, 2.75) is 31.0 Å². The number of carbonyl (C=O) groups excluding carboxylic acids is 1. The van der Waals surface area contributed by atoms with Gasteiger partial charge in [0.2, 0.25) is 0 Å². The molecular weight excluding hydrogens is 315 g/mol. The third-order valence-corrected chi connectivity index (χ3v) is 3.95. The van der Waals surface area contributed by atoms with E-state index in [0.717, 1.165) is 0 Å². The molecule has 2 N–H and O–H groups in total. The zero-order valence-corrected chi connectivity index (χ0v) is 12.8. The number of halogens is 3. The summed E-state index contributed by atoms with van der Waals surface area (Å²) >= 11 is 0. The van der Waals surface area contributed by atoms with E-state index in [1.54, 1.807) is 17.4 Å². The largest absolute Gasteiger partial charge is 0.496 e. The lowest BCUT2D eigenvalue weighted by molar-refractivity contribution is -0.174. The lowest BCUT2D eigenvalue weighted by Crippen LogP contribution is -2.47. The molecule has 0 aromatic heterocycles. The number of alkyl halides is 3. The van der Waals surface area contributed by atoms with Gasteiger partial charge < -0.3 is 19.9 Å². The molecule has 128 valence electrons. The van der Waals surface area contributed by atoms with Gasteiger partial charge in [0.25, 0.3) is 0 Å². The SMILES string of the molecule is COc1ccc(OC)c2c1CCCC2(O)CNC(=O)C(F)(F)F.